The van der Waals surface area contributed by atoms with Gasteiger partial charge in [-0.3, -0.25) is 4.98 Å². The molecule has 0 aromatic carbocycles. The monoisotopic (exact) mass is 218 g/mol. The summed E-state index contributed by atoms with van der Waals surface area (Å²) >= 11 is 0. The molecular formula is C14H22N2. The van der Waals surface area contributed by atoms with Crippen molar-refractivity contribution in [3.63, 3.8) is 0 Å². The molecule has 1 aromatic heterocycles. The number of nitrogens with zero attached hydrogens (tertiary/aromatic N) is 1. The second-order valence-electron chi connectivity index (χ2n) is 5.02. The smallest absolute Gasteiger partial charge is 0.0372 e. The van der Waals surface area contributed by atoms with Crippen LogP contribution in [-0.4, -0.2) is 11.0 Å². The molecule has 2 heteroatoms. The Morgan fingerprint density at radius 3 is 2.75 bits per heavy atom. The molecule has 1 aromatic rings. The van der Waals surface area contributed by atoms with Gasteiger partial charge >= 0.3 is 0 Å². The summed E-state index contributed by atoms with van der Waals surface area (Å²) in [5.74, 6) is 0.887. The van der Waals surface area contributed by atoms with Crippen molar-refractivity contribution in [1.29, 1.82) is 0 Å². The van der Waals surface area contributed by atoms with Gasteiger partial charge < -0.3 is 5.32 Å². The van der Waals surface area contributed by atoms with Gasteiger partial charge in [-0.15, -0.1) is 0 Å². The van der Waals surface area contributed by atoms with E-state index in [4.69, 9.17) is 0 Å². The van der Waals surface area contributed by atoms with Crippen LogP contribution in [0.4, 0.5) is 0 Å². The summed E-state index contributed by atoms with van der Waals surface area (Å²) in [6.45, 7) is 5.29. The van der Waals surface area contributed by atoms with Gasteiger partial charge in [0.2, 0.25) is 0 Å². The first-order valence-electron chi connectivity index (χ1n) is 6.40. The highest BCUT2D eigenvalue weighted by molar-refractivity contribution is 5.12. The van der Waals surface area contributed by atoms with E-state index in [-0.39, 0.29) is 0 Å². The molecule has 2 rings (SSSR count). The Labute approximate surface area is 98.5 Å². The Morgan fingerprint density at radius 2 is 2.12 bits per heavy atom. The van der Waals surface area contributed by atoms with Crippen molar-refractivity contribution in [3.05, 3.63) is 29.6 Å². The quantitative estimate of drug-likeness (QED) is 0.840. The van der Waals surface area contributed by atoms with Crippen LogP contribution in [-0.2, 0) is 6.54 Å². The van der Waals surface area contributed by atoms with Crippen LogP contribution < -0.4 is 5.32 Å². The maximum atomic E-state index is 4.31. The van der Waals surface area contributed by atoms with Gasteiger partial charge in [0.25, 0.3) is 0 Å². The minimum absolute atomic E-state index is 0.642. The molecule has 0 bridgehead atoms. The molecule has 0 spiro atoms. The Hall–Kier alpha value is -0.890. The number of aromatic nitrogens is 1. The first-order chi connectivity index (χ1) is 7.75. The normalized spacial score (nSPS) is 18.9. The van der Waals surface area contributed by atoms with Crippen LogP contribution in [0, 0.1) is 12.8 Å². The lowest BCUT2D eigenvalue weighted by molar-refractivity contribution is 0.380. The van der Waals surface area contributed by atoms with Gasteiger partial charge in [0.05, 0.1) is 0 Å². The van der Waals surface area contributed by atoms with E-state index < -0.39 is 0 Å². The number of pyridine rings is 1. The maximum Gasteiger partial charge on any atom is 0.0372 e. The summed E-state index contributed by atoms with van der Waals surface area (Å²) in [6, 6.07) is 4.89. The Bertz CT molecular complexity index is 312. The zero-order valence-corrected chi connectivity index (χ0v) is 10.4. The Kier molecular flexibility index (Phi) is 3.94. The first-order valence-corrected chi connectivity index (χ1v) is 6.40. The highest BCUT2D eigenvalue weighted by atomic mass is 14.9. The molecule has 88 valence electrons. The third-order valence-electron chi connectivity index (χ3n) is 3.71. The number of hydrogen-bond donors (Lipinski definition) is 1. The van der Waals surface area contributed by atoms with Gasteiger partial charge in [-0.05, 0) is 44.2 Å². The molecule has 0 amide bonds. The van der Waals surface area contributed by atoms with Gasteiger partial charge in [0.1, 0.15) is 0 Å². The second-order valence-corrected chi connectivity index (χ2v) is 5.02. The molecule has 1 N–H and O–H groups in total. The molecule has 0 radical (unpaired) electrons. The molecule has 1 aliphatic rings. The van der Waals surface area contributed by atoms with Gasteiger partial charge in [-0.25, -0.2) is 0 Å². The van der Waals surface area contributed by atoms with Crippen LogP contribution in [0.15, 0.2) is 18.3 Å². The van der Waals surface area contributed by atoms with Crippen molar-refractivity contribution in [1.82, 2.24) is 10.3 Å². The van der Waals surface area contributed by atoms with E-state index in [0.717, 1.165) is 18.2 Å². The topological polar surface area (TPSA) is 24.9 Å². The lowest BCUT2D eigenvalue weighted by atomic mass is 10.00. The van der Waals surface area contributed by atoms with Crippen molar-refractivity contribution < 1.29 is 0 Å². The molecule has 1 fully saturated rings. The zero-order chi connectivity index (χ0) is 11.4. The highest BCUT2D eigenvalue weighted by Gasteiger charge is 2.20. The summed E-state index contributed by atoms with van der Waals surface area (Å²) in [7, 11) is 0. The summed E-state index contributed by atoms with van der Waals surface area (Å²) in [5, 5.41) is 3.62. The van der Waals surface area contributed by atoms with Gasteiger partial charge in [-0.1, -0.05) is 18.9 Å². The minimum atomic E-state index is 0.642. The molecule has 0 unspecified atom stereocenters. The lowest BCUT2D eigenvalue weighted by Gasteiger charge is -2.20. The minimum Gasteiger partial charge on any atom is -0.310 e. The fourth-order valence-corrected chi connectivity index (χ4v) is 2.51. The lowest BCUT2D eigenvalue weighted by Crippen LogP contribution is -2.31. The van der Waals surface area contributed by atoms with Crippen LogP contribution in [0.2, 0.25) is 0 Å². The van der Waals surface area contributed by atoms with Crippen LogP contribution in [0.5, 0.6) is 0 Å². The number of hydrogen-bond acceptors (Lipinski definition) is 2. The van der Waals surface area contributed by atoms with E-state index in [0.29, 0.717) is 6.04 Å². The van der Waals surface area contributed by atoms with E-state index in [1.807, 2.05) is 13.1 Å². The predicted molar refractivity (Wildman–Crippen MR) is 67.2 cm³/mol. The van der Waals surface area contributed by atoms with Crippen LogP contribution in [0.25, 0.3) is 0 Å². The van der Waals surface area contributed by atoms with Crippen LogP contribution >= 0.6 is 0 Å². The van der Waals surface area contributed by atoms with E-state index in [1.54, 1.807) is 0 Å². The Balaban J connectivity index is 1.80. The summed E-state index contributed by atoms with van der Waals surface area (Å²) in [5.41, 5.74) is 2.38. The van der Waals surface area contributed by atoms with Gasteiger partial charge in [0, 0.05) is 24.5 Å². The first kappa shape index (κ1) is 11.6. The van der Waals surface area contributed by atoms with E-state index in [1.165, 1.54) is 31.2 Å². The fraction of sp³-hybridized carbons (Fsp3) is 0.643. The van der Waals surface area contributed by atoms with Gasteiger partial charge in [0.15, 0.2) is 0 Å². The average Bonchev–Trinajstić information content (AvgIpc) is 2.81. The number of rotatable bonds is 4. The van der Waals surface area contributed by atoms with Crippen molar-refractivity contribution >= 4 is 0 Å². The van der Waals surface area contributed by atoms with Crippen LogP contribution in [0.1, 0.15) is 43.9 Å². The van der Waals surface area contributed by atoms with E-state index >= 15 is 0 Å². The molecule has 0 saturated heterocycles. The largest absolute Gasteiger partial charge is 0.310 e. The van der Waals surface area contributed by atoms with Gasteiger partial charge in [-0.2, -0.15) is 0 Å². The molecule has 1 atom stereocenters. The predicted octanol–water partition coefficient (Wildman–Crippen LogP) is 3.06. The third kappa shape index (κ3) is 3.05. The maximum absolute atomic E-state index is 4.31. The second kappa shape index (κ2) is 5.44. The summed E-state index contributed by atoms with van der Waals surface area (Å²) < 4.78 is 0. The van der Waals surface area contributed by atoms with Crippen molar-refractivity contribution in [2.75, 3.05) is 0 Å². The molecule has 2 nitrogen and oxygen atoms in total. The highest BCUT2D eigenvalue weighted by Crippen LogP contribution is 2.27. The standard InChI is InChI=1S/C14H22N2/c1-11-7-8-13(9-15-11)10-16-12(2)14-5-3-4-6-14/h7-9,12,14,16H,3-6,10H2,1-2H3/t12-/m0/s1. The zero-order valence-electron chi connectivity index (χ0n) is 10.4. The van der Waals surface area contributed by atoms with Crippen LogP contribution in [0.3, 0.4) is 0 Å². The SMILES string of the molecule is Cc1ccc(CN[C@@H](C)C2CCCC2)cn1. The fourth-order valence-electron chi connectivity index (χ4n) is 2.51. The summed E-state index contributed by atoms with van der Waals surface area (Å²) in [6.07, 6.45) is 7.62. The van der Waals surface area contributed by atoms with Crippen molar-refractivity contribution in [2.45, 2.75) is 52.1 Å². The number of nitrogens with one attached hydrogen (secondary N) is 1. The van der Waals surface area contributed by atoms with E-state index in [9.17, 15) is 0 Å². The molecular weight excluding hydrogens is 196 g/mol. The molecule has 1 heterocycles. The van der Waals surface area contributed by atoms with Crippen molar-refractivity contribution in [3.8, 4) is 0 Å². The number of aryl methyl sites for hydroxylation is 1. The molecule has 16 heavy (non-hydrogen) atoms. The molecule has 1 aliphatic carbocycles. The molecule has 0 aliphatic heterocycles. The van der Waals surface area contributed by atoms with Crippen molar-refractivity contribution in [2.24, 2.45) is 5.92 Å². The average molecular weight is 218 g/mol. The third-order valence-corrected chi connectivity index (χ3v) is 3.71. The Morgan fingerprint density at radius 1 is 1.38 bits per heavy atom. The summed E-state index contributed by atoms with van der Waals surface area (Å²) in [4.78, 5) is 4.31. The van der Waals surface area contributed by atoms with E-state index in [2.05, 4.69) is 29.4 Å². The molecule has 1 saturated carbocycles.